The van der Waals surface area contributed by atoms with E-state index in [1.165, 1.54) is 31.4 Å². The summed E-state index contributed by atoms with van der Waals surface area (Å²) < 4.78 is 20.3. The molecule has 3 N–H and O–H groups in total. The Bertz CT molecular complexity index is 1750. The number of H-pyrrole nitrogens is 2. The summed E-state index contributed by atoms with van der Waals surface area (Å²) in [6.45, 7) is 5.94. The zero-order valence-corrected chi connectivity index (χ0v) is 22.2. The first kappa shape index (κ1) is 25.6. The van der Waals surface area contributed by atoms with Crippen LogP contribution in [-0.4, -0.2) is 36.4 Å². The Balaban J connectivity index is 1.37. The third-order valence-electron chi connectivity index (χ3n) is 7.33. The number of hydrogen-bond acceptors (Lipinski definition) is 5. The smallest absolute Gasteiger partial charge is 0.135 e. The highest BCUT2D eigenvalue weighted by molar-refractivity contribution is 5.99. The number of hydrogen-bond donors (Lipinski definition) is 3. The van der Waals surface area contributed by atoms with Crippen molar-refractivity contribution in [2.75, 3.05) is 0 Å². The molecule has 0 aliphatic heterocycles. The maximum Gasteiger partial charge on any atom is 0.135 e. The lowest BCUT2D eigenvalue weighted by Crippen LogP contribution is -2.15. The fourth-order valence-electron chi connectivity index (χ4n) is 5.34. The Morgan fingerprint density at radius 3 is 2.70 bits per heavy atom. The summed E-state index contributed by atoms with van der Waals surface area (Å²) in [5.41, 5.74) is 6.47. The molecule has 1 saturated carbocycles. The second kappa shape index (κ2) is 10.8. The Labute approximate surface area is 231 Å². The van der Waals surface area contributed by atoms with Gasteiger partial charge in [-0.15, -0.1) is 0 Å². The van der Waals surface area contributed by atoms with Crippen molar-refractivity contribution in [3.05, 3.63) is 90.7 Å². The summed E-state index contributed by atoms with van der Waals surface area (Å²) in [5, 5.41) is 18.3. The molecule has 0 bridgehead atoms. The fraction of sp³-hybridized carbons (Fsp3) is 0.219. The lowest BCUT2D eigenvalue weighted by Gasteiger charge is -2.23. The first-order valence-electron chi connectivity index (χ1n) is 13.5. The monoisotopic (exact) mass is 535 g/mol. The molecule has 0 atom stereocenters. The number of aromatic amines is 2. The standard InChI is InChI=1S/C32H30FN5O2/c1-3-19(16-23(4-2)40-24-8-6-5-7-9-24)26-10-11-28-31(36-26)32(38-37-28)29-18-25-27(35-29)12-13-34-30(25)20-14-21(33)17-22(39)15-20/h3-4,10-18,24,35,39H,2,5-9H2,1H3,(H,37,38)/b19-3+,23-16+. The van der Waals surface area contributed by atoms with Gasteiger partial charge in [0.15, 0.2) is 0 Å². The van der Waals surface area contributed by atoms with Gasteiger partial charge in [-0.1, -0.05) is 19.1 Å². The number of allylic oxidation sites excluding steroid dienone is 4. The number of pyridine rings is 2. The van der Waals surface area contributed by atoms with Crippen LogP contribution in [0.4, 0.5) is 4.39 Å². The first-order chi connectivity index (χ1) is 19.5. The molecular weight excluding hydrogens is 505 g/mol. The third kappa shape index (κ3) is 5.00. The summed E-state index contributed by atoms with van der Waals surface area (Å²) in [4.78, 5) is 12.8. The van der Waals surface area contributed by atoms with Gasteiger partial charge in [-0.3, -0.25) is 10.1 Å². The predicted molar refractivity (Wildman–Crippen MR) is 156 cm³/mol. The third-order valence-corrected chi connectivity index (χ3v) is 7.33. The molecule has 0 radical (unpaired) electrons. The second-order valence-corrected chi connectivity index (χ2v) is 10.0. The molecule has 4 aromatic heterocycles. The van der Waals surface area contributed by atoms with Gasteiger partial charge in [0.2, 0.25) is 0 Å². The topological polar surface area (TPSA) is 99.7 Å². The number of benzene rings is 1. The van der Waals surface area contributed by atoms with Crippen LogP contribution in [0.2, 0.25) is 0 Å². The van der Waals surface area contributed by atoms with Crippen LogP contribution >= 0.6 is 0 Å². The number of halogens is 1. The molecule has 202 valence electrons. The Hall–Kier alpha value is -4.72. The largest absolute Gasteiger partial charge is 0.508 e. The number of fused-ring (bicyclic) bond motifs is 2. The highest BCUT2D eigenvalue weighted by Crippen LogP contribution is 2.34. The summed E-state index contributed by atoms with van der Waals surface area (Å²) >= 11 is 0. The molecule has 0 amide bonds. The van der Waals surface area contributed by atoms with Crippen LogP contribution in [0.1, 0.15) is 44.7 Å². The van der Waals surface area contributed by atoms with Crippen molar-refractivity contribution in [1.29, 1.82) is 0 Å². The highest BCUT2D eigenvalue weighted by Gasteiger charge is 2.18. The molecule has 0 spiro atoms. The molecule has 6 rings (SSSR count). The van der Waals surface area contributed by atoms with Crippen LogP contribution in [0.5, 0.6) is 5.75 Å². The number of nitrogens with zero attached hydrogens (tertiary/aromatic N) is 3. The Kier molecular flexibility index (Phi) is 6.90. The molecule has 4 heterocycles. The van der Waals surface area contributed by atoms with Crippen molar-refractivity contribution in [3.63, 3.8) is 0 Å². The van der Waals surface area contributed by atoms with Crippen LogP contribution in [0.3, 0.4) is 0 Å². The van der Waals surface area contributed by atoms with Crippen LogP contribution < -0.4 is 0 Å². The fourth-order valence-corrected chi connectivity index (χ4v) is 5.34. The minimum absolute atomic E-state index is 0.155. The average Bonchev–Trinajstić information content (AvgIpc) is 3.59. The highest BCUT2D eigenvalue weighted by atomic mass is 19.1. The lowest BCUT2D eigenvalue weighted by atomic mass is 9.98. The molecule has 0 unspecified atom stereocenters. The van der Waals surface area contributed by atoms with Crippen molar-refractivity contribution < 1.29 is 14.2 Å². The summed E-state index contributed by atoms with van der Waals surface area (Å²) in [5.74, 6) is 0.0580. The normalized spacial score (nSPS) is 15.2. The SMILES string of the molecule is C=C/C(=C\C(=C/C)c1ccc2[nH]nc(-c3cc4c(-c5cc(O)cc(F)c5)nccc4[nH]3)c2n1)OC1CCCCC1. The van der Waals surface area contributed by atoms with Gasteiger partial charge in [-0.2, -0.15) is 5.10 Å². The molecule has 1 aromatic carbocycles. The van der Waals surface area contributed by atoms with Crippen LogP contribution in [-0.2, 0) is 4.74 Å². The molecule has 1 aliphatic rings. The average molecular weight is 536 g/mol. The molecule has 7 nitrogen and oxygen atoms in total. The number of nitrogens with one attached hydrogen (secondary N) is 2. The number of ether oxygens (including phenoxy) is 1. The van der Waals surface area contributed by atoms with E-state index in [4.69, 9.17) is 9.72 Å². The van der Waals surface area contributed by atoms with Gasteiger partial charge in [0, 0.05) is 28.7 Å². The van der Waals surface area contributed by atoms with E-state index >= 15 is 0 Å². The van der Waals surface area contributed by atoms with Gasteiger partial charge in [0.1, 0.15) is 28.5 Å². The van der Waals surface area contributed by atoms with E-state index in [9.17, 15) is 9.50 Å². The van der Waals surface area contributed by atoms with E-state index in [0.29, 0.717) is 22.5 Å². The minimum Gasteiger partial charge on any atom is -0.508 e. The van der Waals surface area contributed by atoms with E-state index in [1.54, 1.807) is 12.3 Å². The van der Waals surface area contributed by atoms with E-state index in [1.807, 2.05) is 43.3 Å². The van der Waals surface area contributed by atoms with Gasteiger partial charge in [-0.25, -0.2) is 9.37 Å². The zero-order valence-electron chi connectivity index (χ0n) is 22.2. The second-order valence-electron chi connectivity index (χ2n) is 10.0. The maximum atomic E-state index is 14.0. The van der Waals surface area contributed by atoms with Crippen molar-refractivity contribution >= 4 is 27.5 Å². The van der Waals surface area contributed by atoms with Crippen molar-refractivity contribution in [1.82, 2.24) is 25.1 Å². The summed E-state index contributed by atoms with van der Waals surface area (Å²) in [6.07, 6.45) is 13.4. The van der Waals surface area contributed by atoms with Gasteiger partial charge in [0.05, 0.1) is 28.7 Å². The van der Waals surface area contributed by atoms with E-state index in [-0.39, 0.29) is 11.9 Å². The Morgan fingerprint density at radius 2 is 1.93 bits per heavy atom. The Morgan fingerprint density at radius 1 is 1.07 bits per heavy atom. The van der Waals surface area contributed by atoms with Gasteiger partial charge in [0.25, 0.3) is 0 Å². The van der Waals surface area contributed by atoms with Gasteiger partial charge < -0.3 is 14.8 Å². The van der Waals surface area contributed by atoms with Crippen molar-refractivity contribution in [3.8, 4) is 28.4 Å². The van der Waals surface area contributed by atoms with E-state index in [0.717, 1.165) is 58.0 Å². The van der Waals surface area contributed by atoms with Crippen molar-refractivity contribution in [2.24, 2.45) is 0 Å². The maximum absolute atomic E-state index is 14.0. The number of phenolic OH excluding ortho intramolecular Hbond substituents is 1. The number of rotatable bonds is 7. The number of aromatic nitrogens is 5. The number of phenols is 1. The van der Waals surface area contributed by atoms with Crippen LogP contribution in [0, 0.1) is 5.82 Å². The quantitative estimate of drug-likeness (QED) is 0.146. The minimum atomic E-state index is -0.530. The zero-order chi connectivity index (χ0) is 27.6. The number of aromatic hydroxyl groups is 1. The summed E-state index contributed by atoms with van der Waals surface area (Å²) in [6, 6.07) is 11.6. The van der Waals surface area contributed by atoms with Crippen molar-refractivity contribution in [2.45, 2.75) is 45.1 Å². The van der Waals surface area contributed by atoms with Gasteiger partial charge in [-0.05, 0) is 86.7 Å². The van der Waals surface area contributed by atoms with Gasteiger partial charge >= 0.3 is 0 Å². The summed E-state index contributed by atoms with van der Waals surface area (Å²) in [7, 11) is 0. The predicted octanol–water partition coefficient (Wildman–Crippen LogP) is 7.84. The van der Waals surface area contributed by atoms with Crippen LogP contribution in [0.25, 0.3) is 50.2 Å². The molecule has 5 aromatic rings. The van der Waals surface area contributed by atoms with E-state index in [2.05, 4.69) is 26.7 Å². The molecule has 1 fully saturated rings. The molecule has 8 heteroatoms. The first-order valence-corrected chi connectivity index (χ1v) is 13.5. The molecule has 40 heavy (non-hydrogen) atoms. The van der Waals surface area contributed by atoms with Crippen LogP contribution in [0.15, 0.2) is 79.2 Å². The van der Waals surface area contributed by atoms with E-state index < -0.39 is 5.82 Å². The molecule has 0 saturated heterocycles. The molecular formula is C32H30FN5O2. The molecule has 1 aliphatic carbocycles. The lowest BCUT2D eigenvalue weighted by molar-refractivity contribution is 0.0903.